The molecule has 0 saturated carbocycles. The minimum absolute atomic E-state index is 0.0207. The maximum Gasteiger partial charge on any atom is 0.350 e. The Morgan fingerprint density at radius 3 is 2.11 bits per heavy atom. The van der Waals surface area contributed by atoms with Gasteiger partial charge in [-0.05, 0) is 6.92 Å². The summed E-state index contributed by atoms with van der Waals surface area (Å²) in [4.78, 5) is 22.1. The molecule has 0 aliphatic rings. The van der Waals surface area contributed by atoms with Gasteiger partial charge in [0.25, 0.3) is 0 Å². The fraction of sp³-hybridized carbons (Fsp3) is 0.625. The van der Waals surface area contributed by atoms with Crippen molar-refractivity contribution in [2.45, 2.75) is 12.6 Å². The number of urea groups is 1. The first-order valence-corrected chi connectivity index (χ1v) is 6.32. The largest absolute Gasteiger partial charge is 0.468 e. The topological polar surface area (TPSA) is 129 Å². The van der Waals surface area contributed by atoms with Crippen molar-refractivity contribution in [1.82, 2.24) is 5.43 Å². The highest BCUT2D eigenvalue weighted by molar-refractivity contribution is 7.57. The van der Waals surface area contributed by atoms with E-state index in [0.29, 0.717) is 0 Å². The van der Waals surface area contributed by atoms with Crippen LogP contribution in [0, 0.1) is 0 Å². The van der Waals surface area contributed by atoms with E-state index in [1.54, 1.807) is 0 Å². The molecule has 0 fully saturated rings. The van der Waals surface area contributed by atoms with Gasteiger partial charge in [-0.25, -0.2) is 10.2 Å². The number of esters is 1. The Bertz CT molecular complexity index is 388. The first-order valence-electron chi connectivity index (χ1n) is 4.71. The predicted octanol–water partition coefficient (Wildman–Crippen LogP) is 0.0581. The molecule has 0 radical (unpaired) electrons. The van der Waals surface area contributed by atoms with E-state index < -0.39 is 25.3 Å². The van der Waals surface area contributed by atoms with E-state index >= 15 is 0 Å². The Hall–Kier alpha value is -1.44. The van der Waals surface area contributed by atoms with Gasteiger partial charge in [-0.15, -0.1) is 0 Å². The summed E-state index contributed by atoms with van der Waals surface area (Å²) in [5.41, 5.74) is 5.32. The number of methoxy groups -OCH3 is 1. The number of nitrogens with zero attached hydrogens (tertiary/aromatic N) is 1. The zero-order valence-corrected chi connectivity index (χ0v) is 11.4. The standard InChI is InChI=1S/C8H16N3O6P/c1-5(10-11-8(9)13)6(7(12)15-2)18(14,16-3)17-4/h6H,1-4H3,(H3,9,11,13)/b10-5+. The molecule has 0 heterocycles. The van der Waals surface area contributed by atoms with E-state index in [4.69, 9.17) is 14.8 Å². The molecule has 0 spiro atoms. The van der Waals surface area contributed by atoms with Crippen LogP contribution in [-0.4, -0.2) is 44.7 Å². The Morgan fingerprint density at radius 2 is 1.78 bits per heavy atom. The Kier molecular flexibility index (Phi) is 6.53. The second kappa shape index (κ2) is 7.10. The Labute approximate surface area is 104 Å². The second-order valence-corrected chi connectivity index (χ2v) is 5.39. The number of nitrogens with two attached hydrogens (primary N) is 1. The highest BCUT2D eigenvalue weighted by Gasteiger charge is 2.43. The molecule has 9 nitrogen and oxygen atoms in total. The van der Waals surface area contributed by atoms with Gasteiger partial charge in [0.2, 0.25) is 0 Å². The van der Waals surface area contributed by atoms with Gasteiger partial charge < -0.3 is 19.5 Å². The molecule has 0 aromatic rings. The maximum atomic E-state index is 12.2. The number of carbonyl (C=O) groups excluding carboxylic acids is 2. The highest BCUT2D eigenvalue weighted by atomic mass is 31.2. The number of hydrazone groups is 1. The smallest absolute Gasteiger partial charge is 0.350 e. The normalized spacial score (nSPS) is 13.9. The average molecular weight is 281 g/mol. The fourth-order valence-corrected chi connectivity index (χ4v) is 2.58. The van der Waals surface area contributed by atoms with Crippen molar-refractivity contribution < 1.29 is 27.9 Å². The summed E-state index contributed by atoms with van der Waals surface area (Å²) in [6.07, 6.45) is 0. The quantitative estimate of drug-likeness (QED) is 0.306. The van der Waals surface area contributed by atoms with Crippen LogP contribution in [0.5, 0.6) is 0 Å². The summed E-state index contributed by atoms with van der Waals surface area (Å²) in [5, 5.41) is 3.51. The van der Waals surface area contributed by atoms with E-state index in [2.05, 4.69) is 9.84 Å². The third kappa shape index (κ3) is 4.10. The van der Waals surface area contributed by atoms with Crippen molar-refractivity contribution in [3.05, 3.63) is 0 Å². The van der Waals surface area contributed by atoms with Gasteiger partial charge in [-0.2, -0.15) is 5.10 Å². The SMILES string of the molecule is COC(=O)C(/C(C)=N/NC(N)=O)P(=O)(OC)OC. The highest BCUT2D eigenvalue weighted by Crippen LogP contribution is 2.52. The van der Waals surface area contributed by atoms with E-state index in [1.165, 1.54) is 6.92 Å². The summed E-state index contributed by atoms with van der Waals surface area (Å²) >= 11 is 0. The van der Waals surface area contributed by atoms with E-state index in [1.807, 2.05) is 5.43 Å². The van der Waals surface area contributed by atoms with Gasteiger partial charge in [0.15, 0.2) is 5.66 Å². The van der Waals surface area contributed by atoms with Crippen molar-refractivity contribution in [1.29, 1.82) is 0 Å². The number of hydrogen-bond acceptors (Lipinski definition) is 7. The van der Waals surface area contributed by atoms with Crippen LogP contribution < -0.4 is 11.2 Å². The lowest BCUT2D eigenvalue weighted by molar-refractivity contribution is -0.139. The minimum atomic E-state index is -3.78. The van der Waals surface area contributed by atoms with E-state index in [-0.39, 0.29) is 5.71 Å². The number of primary amides is 1. The molecule has 1 atom stereocenters. The van der Waals surface area contributed by atoms with Crippen LogP contribution in [0.2, 0.25) is 0 Å². The second-order valence-electron chi connectivity index (χ2n) is 3.06. The fourth-order valence-electron chi connectivity index (χ4n) is 1.13. The maximum absolute atomic E-state index is 12.2. The summed E-state index contributed by atoms with van der Waals surface area (Å²) in [6, 6.07) is -0.928. The van der Waals surface area contributed by atoms with Crippen molar-refractivity contribution in [2.75, 3.05) is 21.3 Å². The lowest BCUT2D eigenvalue weighted by Crippen LogP contribution is -2.34. The number of nitrogens with one attached hydrogen (secondary N) is 1. The third-order valence-corrected chi connectivity index (χ3v) is 4.22. The molecule has 0 aromatic heterocycles. The molecule has 1 unspecified atom stereocenters. The molecule has 2 amide bonds. The molecular formula is C8H16N3O6P. The molecule has 0 bridgehead atoms. The molecule has 104 valence electrons. The molecular weight excluding hydrogens is 265 g/mol. The van der Waals surface area contributed by atoms with E-state index in [9.17, 15) is 14.2 Å². The zero-order chi connectivity index (χ0) is 14.3. The zero-order valence-electron chi connectivity index (χ0n) is 10.5. The Balaban J connectivity index is 5.37. The Morgan fingerprint density at radius 1 is 1.28 bits per heavy atom. The number of carbonyl (C=O) groups is 2. The summed E-state index contributed by atoms with van der Waals surface area (Å²) in [6.45, 7) is 1.35. The lowest BCUT2D eigenvalue weighted by atomic mass is 10.3. The van der Waals surface area contributed by atoms with Gasteiger partial charge in [0.05, 0.1) is 12.8 Å². The molecule has 0 aliphatic carbocycles. The molecule has 0 saturated heterocycles. The van der Waals surface area contributed by atoms with Crippen LogP contribution >= 0.6 is 7.60 Å². The summed E-state index contributed by atoms with van der Waals surface area (Å²) < 4.78 is 26.1. The minimum Gasteiger partial charge on any atom is -0.468 e. The van der Waals surface area contributed by atoms with Crippen LogP contribution in [0.3, 0.4) is 0 Å². The number of rotatable bonds is 6. The molecule has 0 aliphatic heterocycles. The lowest BCUT2D eigenvalue weighted by Gasteiger charge is -2.21. The summed E-state index contributed by atoms with van der Waals surface area (Å²) in [7, 11) is -0.426. The van der Waals surface area contributed by atoms with Crippen molar-refractivity contribution in [2.24, 2.45) is 10.8 Å². The van der Waals surface area contributed by atoms with Crippen LogP contribution in [0.25, 0.3) is 0 Å². The van der Waals surface area contributed by atoms with Crippen LogP contribution in [-0.2, 0) is 23.1 Å². The first kappa shape index (κ1) is 16.6. The van der Waals surface area contributed by atoms with Crippen LogP contribution in [0.4, 0.5) is 4.79 Å². The summed E-state index contributed by atoms with van der Waals surface area (Å²) in [5.74, 6) is -0.866. The number of amides is 2. The van der Waals surface area contributed by atoms with Gasteiger partial charge in [0.1, 0.15) is 0 Å². The van der Waals surface area contributed by atoms with Gasteiger partial charge in [0, 0.05) is 14.2 Å². The molecule has 18 heavy (non-hydrogen) atoms. The third-order valence-electron chi connectivity index (χ3n) is 1.99. The van der Waals surface area contributed by atoms with Crippen molar-refractivity contribution in [3.8, 4) is 0 Å². The molecule has 0 aromatic carbocycles. The first-order chi connectivity index (χ1) is 8.32. The predicted molar refractivity (Wildman–Crippen MR) is 63.3 cm³/mol. The molecule has 3 N–H and O–H groups in total. The number of hydrogen-bond donors (Lipinski definition) is 2. The monoisotopic (exact) mass is 281 g/mol. The van der Waals surface area contributed by atoms with Crippen LogP contribution in [0.15, 0.2) is 5.10 Å². The van der Waals surface area contributed by atoms with E-state index in [0.717, 1.165) is 21.3 Å². The van der Waals surface area contributed by atoms with Crippen molar-refractivity contribution >= 4 is 25.3 Å². The molecule has 0 rings (SSSR count). The number of ether oxygens (including phenoxy) is 1. The average Bonchev–Trinajstić information content (AvgIpc) is 2.35. The van der Waals surface area contributed by atoms with Gasteiger partial charge >= 0.3 is 19.6 Å². The molecule has 10 heteroatoms. The van der Waals surface area contributed by atoms with Gasteiger partial charge in [-0.3, -0.25) is 9.36 Å². The van der Waals surface area contributed by atoms with Crippen LogP contribution in [0.1, 0.15) is 6.92 Å². The van der Waals surface area contributed by atoms with Crippen molar-refractivity contribution in [3.63, 3.8) is 0 Å². The van der Waals surface area contributed by atoms with Gasteiger partial charge in [-0.1, -0.05) is 0 Å².